The lowest BCUT2D eigenvalue weighted by molar-refractivity contribution is -0.149. The number of aromatic nitrogens is 4. The topological polar surface area (TPSA) is 143 Å². The van der Waals surface area contributed by atoms with Crippen LogP contribution in [-0.2, 0) is 25.4 Å². The van der Waals surface area contributed by atoms with Gasteiger partial charge in [0.1, 0.15) is 29.5 Å². The Morgan fingerprint density at radius 3 is 2.67 bits per heavy atom. The van der Waals surface area contributed by atoms with Gasteiger partial charge in [-0.15, -0.1) is 0 Å². The van der Waals surface area contributed by atoms with Crippen molar-refractivity contribution in [3.8, 4) is 5.75 Å². The SMILES string of the molecule is CCCCOC(=O)C(C)(C)NP(=O)(CO[C@H](C)Cn1cnc2c(N)ncnc21)Oc1ccc(Cl)cc1. The second-order valence-corrected chi connectivity index (χ2v) is 11.3. The van der Waals surface area contributed by atoms with Crippen LogP contribution in [0.4, 0.5) is 5.82 Å². The Morgan fingerprint density at radius 1 is 1.25 bits per heavy atom. The number of hydrogen-bond acceptors (Lipinski definition) is 9. The Hall–Kier alpha value is -2.72. The van der Waals surface area contributed by atoms with Crippen LogP contribution in [0.5, 0.6) is 5.75 Å². The molecule has 0 saturated carbocycles. The van der Waals surface area contributed by atoms with Crippen LogP contribution in [0.25, 0.3) is 11.2 Å². The van der Waals surface area contributed by atoms with E-state index >= 15 is 0 Å². The summed E-state index contributed by atoms with van der Waals surface area (Å²) in [5, 5.41) is 3.36. The maximum absolute atomic E-state index is 13.9. The monoisotopic (exact) mass is 538 g/mol. The lowest BCUT2D eigenvalue weighted by Crippen LogP contribution is -2.47. The van der Waals surface area contributed by atoms with Crippen molar-refractivity contribution >= 4 is 42.1 Å². The maximum atomic E-state index is 13.9. The molecule has 36 heavy (non-hydrogen) atoms. The second kappa shape index (κ2) is 12.0. The first-order valence-corrected chi connectivity index (χ1v) is 13.8. The van der Waals surface area contributed by atoms with Crippen LogP contribution >= 0.6 is 19.1 Å². The van der Waals surface area contributed by atoms with Crippen molar-refractivity contribution in [1.29, 1.82) is 0 Å². The highest BCUT2D eigenvalue weighted by atomic mass is 35.5. The number of benzene rings is 1. The molecule has 0 fully saturated rings. The minimum atomic E-state index is -3.76. The molecule has 2 atom stereocenters. The van der Waals surface area contributed by atoms with E-state index < -0.39 is 25.1 Å². The molecule has 2 heterocycles. The maximum Gasteiger partial charge on any atom is 0.342 e. The summed E-state index contributed by atoms with van der Waals surface area (Å²) in [5.74, 6) is 0.0611. The molecule has 13 heteroatoms. The molecule has 1 aromatic carbocycles. The fourth-order valence-corrected chi connectivity index (χ4v) is 5.44. The van der Waals surface area contributed by atoms with Gasteiger partial charge in [-0.2, -0.15) is 0 Å². The number of carbonyl (C=O) groups is 1. The Bertz CT molecular complexity index is 1220. The lowest BCUT2D eigenvalue weighted by atomic mass is 10.1. The fourth-order valence-electron chi connectivity index (χ4n) is 3.30. The van der Waals surface area contributed by atoms with Gasteiger partial charge in [-0.05, 0) is 51.5 Å². The van der Waals surface area contributed by atoms with E-state index in [4.69, 9.17) is 31.3 Å². The summed E-state index contributed by atoms with van der Waals surface area (Å²) in [6.45, 7) is 7.62. The summed E-state index contributed by atoms with van der Waals surface area (Å²) >= 11 is 5.96. The van der Waals surface area contributed by atoms with Crippen molar-refractivity contribution in [1.82, 2.24) is 24.6 Å². The van der Waals surface area contributed by atoms with Crippen molar-refractivity contribution < 1.29 is 23.4 Å². The quantitative estimate of drug-likeness (QED) is 0.182. The van der Waals surface area contributed by atoms with Gasteiger partial charge in [0.25, 0.3) is 0 Å². The predicted octanol–water partition coefficient (Wildman–Crippen LogP) is 4.41. The first-order chi connectivity index (χ1) is 17.0. The number of nitrogens with zero attached hydrogens (tertiary/aromatic N) is 4. The van der Waals surface area contributed by atoms with Crippen molar-refractivity contribution in [2.75, 3.05) is 18.7 Å². The van der Waals surface area contributed by atoms with E-state index in [1.165, 1.54) is 6.33 Å². The highest BCUT2D eigenvalue weighted by Gasteiger charge is 2.39. The Kier molecular flexibility index (Phi) is 9.30. The molecule has 0 aliphatic heterocycles. The molecule has 3 N–H and O–H groups in total. The van der Waals surface area contributed by atoms with E-state index in [-0.39, 0.29) is 18.8 Å². The molecule has 1 unspecified atom stereocenters. The highest BCUT2D eigenvalue weighted by molar-refractivity contribution is 7.57. The zero-order chi connectivity index (χ0) is 26.3. The number of unbranched alkanes of at least 4 members (excludes halogenated alkanes) is 1. The summed E-state index contributed by atoms with van der Waals surface area (Å²) in [4.78, 5) is 25.1. The van der Waals surface area contributed by atoms with Crippen LogP contribution < -0.4 is 15.3 Å². The molecule has 3 rings (SSSR count). The standard InChI is InChI=1S/C23H32ClN6O5P/c1-5-6-11-33-22(31)23(3,4)29-36(32,35-18-9-7-17(24)8-10-18)15-34-16(2)12-30-14-28-19-20(25)26-13-27-21(19)30/h7-10,13-14,16H,5-6,11-12,15H2,1-4H3,(H,29,32)(H2,25,26,27)/t16-,36?/m1/s1. The van der Waals surface area contributed by atoms with Gasteiger partial charge >= 0.3 is 13.5 Å². The normalized spacial score (nSPS) is 14.4. The number of nitrogens with two attached hydrogens (primary N) is 1. The molecule has 196 valence electrons. The number of nitrogens with one attached hydrogen (secondary N) is 1. The molecule has 0 saturated heterocycles. The highest BCUT2D eigenvalue weighted by Crippen LogP contribution is 2.45. The van der Waals surface area contributed by atoms with Gasteiger partial charge in [0.15, 0.2) is 11.5 Å². The van der Waals surface area contributed by atoms with Gasteiger partial charge in [-0.1, -0.05) is 24.9 Å². The largest absolute Gasteiger partial charge is 0.464 e. The van der Waals surface area contributed by atoms with Crippen LogP contribution in [0.1, 0.15) is 40.5 Å². The molecule has 0 bridgehead atoms. The summed E-state index contributed by atoms with van der Waals surface area (Å²) in [6.07, 6.45) is 3.85. The molecule has 0 spiro atoms. The van der Waals surface area contributed by atoms with Crippen molar-refractivity contribution in [3.05, 3.63) is 41.9 Å². The van der Waals surface area contributed by atoms with Crippen LogP contribution in [0.3, 0.4) is 0 Å². The predicted molar refractivity (Wildman–Crippen MR) is 138 cm³/mol. The van der Waals surface area contributed by atoms with Crippen molar-refractivity contribution in [2.24, 2.45) is 0 Å². The first-order valence-electron chi connectivity index (χ1n) is 11.6. The van der Waals surface area contributed by atoms with E-state index in [9.17, 15) is 9.36 Å². The summed E-state index contributed by atoms with van der Waals surface area (Å²) < 4.78 is 32.8. The molecule has 2 aromatic heterocycles. The molecule has 0 aliphatic carbocycles. The van der Waals surface area contributed by atoms with E-state index in [1.807, 2.05) is 13.8 Å². The molecular formula is C23H32ClN6O5P. The van der Waals surface area contributed by atoms with Gasteiger partial charge in [0.05, 0.1) is 25.6 Å². The second-order valence-electron chi connectivity index (χ2n) is 8.88. The molecule has 0 amide bonds. The number of anilines is 1. The number of ether oxygens (including phenoxy) is 2. The fraction of sp³-hybridized carbons (Fsp3) is 0.478. The zero-order valence-corrected chi connectivity index (χ0v) is 22.5. The lowest BCUT2D eigenvalue weighted by Gasteiger charge is -2.30. The third-order valence-electron chi connectivity index (χ3n) is 5.17. The van der Waals surface area contributed by atoms with Gasteiger partial charge in [0, 0.05) is 5.02 Å². The van der Waals surface area contributed by atoms with Crippen molar-refractivity contribution in [3.63, 3.8) is 0 Å². The van der Waals surface area contributed by atoms with Gasteiger partial charge in [0.2, 0.25) is 0 Å². The smallest absolute Gasteiger partial charge is 0.342 e. The number of fused-ring (bicyclic) bond motifs is 1. The Labute approximate surface area is 215 Å². The van der Waals surface area contributed by atoms with Crippen molar-refractivity contribution in [2.45, 2.75) is 58.7 Å². The minimum Gasteiger partial charge on any atom is -0.464 e. The summed E-state index contributed by atoms with van der Waals surface area (Å²) in [5.41, 5.74) is 5.61. The average molecular weight is 539 g/mol. The number of nitrogen functional groups attached to an aromatic ring is 1. The third-order valence-corrected chi connectivity index (χ3v) is 7.32. The number of esters is 1. The number of imidazole rings is 1. The summed E-state index contributed by atoms with van der Waals surface area (Å²) in [6, 6.07) is 6.42. The zero-order valence-electron chi connectivity index (χ0n) is 20.8. The molecule has 0 radical (unpaired) electrons. The van der Waals surface area contributed by atoms with E-state index in [1.54, 1.807) is 49.0 Å². The van der Waals surface area contributed by atoms with E-state index in [0.717, 1.165) is 12.8 Å². The third kappa shape index (κ3) is 7.39. The number of hydrogen-bond donors (Lipinski definition) is 2. The number of halogens is 1. The van der Waals surface area contributed by atoms with Crippen LogP contribution in [0.15, 0.2) is 36.9 Å². The Balaban J connectivity index is 1.73. The van der Waals surface area contributed by atoms with Crippen LogP contribution in [0.2, 0.25) is 5.02 Å². The van der Waals surface area contributed by atoms with Gasteiger partial charge in [-0.3, -0.25) is 9.36 Å². The molecule has 3 aromatic rings. The Morgan fingerprint density at radius 2 is 1.97 bits per heavy atom. The molecule has 11 nitrogen and oxygen atoms in total. The van der Waals surface area contributed by atoms with Gasteiger partial charge < -0.3 is 24.3 Å². The number of carbonyl (C=O) groups excluding carboxylic acids is 1. The minimum absolute atomic E-state index is 0.281. The van der Waals surface area contributed by atoms with Gasteiger partial charge in [-0.25, -0.2) is 20.0 Å². The van der Waals surface area contributed by atoms with Crippen LogP contribution in [0, 0.1) is 0 Å². The summed E-state index contributed by atoms with van der Waals surface area (Å²) in [7, 11) is -3.76. The molecular weight excluding hydrogens is 507 g/mol. The van der Waals surface area contributed by atoms with Crippen LogP contribution in [-0.4, -0.2) is 50.1 Å². The molecule has 0 aliphatic rings. The number of rotatable bonds is 13. The van der Waals surface area contributed by atoms with E-state index in [0.29, 0.717) is 28.5 Å². The first kappa shape index (κ1) is 27.9. The average Bonchev–Trinajstić information content (AvgIpc) is 3.23. The van der Waals surface area contributed by atoms with E-state index in [2.05, 4.69) is 20.0 Å².